The summed E-state index contributed by atoms with van der Waals surface area (Å²) in [7, 11) is 5.68. The van der Waals surface area contributed by atoms with Crippen LogP contribution in [-0.4, -0.2) is 74.7 Å². The first-order chi connectivity index (χ1) is 11.6. The zero-order valence-corrected chi connectivity index (χ0v) is 16.2. The standard InChI is InChI=1S/C17H31N5OS/c1-14-20-16(13-24-14)12-21(3)17(18-2)19-11-15-5-7-22(8-6-15)9-10-23-4/h13,15H,5-12H2,1-4H3,(H,18,19). The fourth-order valence-electron chi connectivity index (χ4n) is 3.05. The van der Waals surface area contributed by atoms with Crippen molar-refractivity contribution in [3.8, 4) is 0 Å². The first-order valence-electron chi connectivity index (χ1n) is 8.66. The van der Waals surface area contributed by atoms with E-state index in [0.29, 0.717) is 0 Å². The Morgan fingerprint density at radius 3 is 2.83 bits per heavy atom. The molecule has 0 aromatic carbocycles. The smallest absolute Gasteiger partial charge is 0.193 e. The van der Waals surface area contributed by atoms with Crippen LogP contribution < -0.4 is 5.32 Å². The van der Waals surface area contributed by atoms with Crippen molar-refractivity contribution >= 4 is 17.3 Å². The van der Waals surface area contributed by atoms with Crippen LogP contribution in [-0.2, 0) is 11.3 Å². The molecule has 0 aliphatic carbocycles. The zero-order valence-electron chi connectivity index (χ0n) is 15.4. The summed E-state index contributed by atoms with van der Waals surface area (Å²) in [4.78, 5) is 13.6. The molecule has 1 N–H and O–H groups in total. The number of methoxy groups -OCH3 is 1. The molecule has 0 atom stereocenters. The van der Waals surface area contributed by atoms with Crippen LogP contribution in [0.5, 0.6) is 0 Å². The number of thiazole rings is 1. The van der Waals surface area contributed by atoms with E-state index >= 15 is 0 Å². The fraction of sp³-hybridized carbons (Fsp3) is 0.765. The highest BCUT2D eigenvalue weighted by atomic mass is 32.1. The Balaban J connectivity index is 1.72. The van der Waals surface area contributed by atoms with E-state index in [-0.39, 0.29) is 0 Å². The minimum absolute atomic E-state index is 0.718. The third-order valence-corrected chi connectivity index (χ3v) is 5.33. The monoisotopic (exact) mass is 353 g/mol. The fourth-order valence-corrected chi connectivity index (χ4v) is 3.66. The van der Waals surface area contributed by atoms with E-state index in [2.05, 4.69) is 37.5 Å². The van der Waals surface area contributed by atoms with Crippen molar-refractivity contribution in [2.75, 3.05) is 54.0 Å². The number of hydrogen-bond donors (Lipinski definition) is 1. The minimum Gasteiger partial charge on any atom is -0.383 e. The molecular formula is C17H31N5OS. The van der Waals surface area contributed by atoms with Gasteiger partial charge in [0.2, 0.25) is 0 Å². The lowest BCUT2D eigenvalue weighted by Gasteiger charge is -2.32. The van der Waals surface area contributed by atoms with Crippen molar-refractivity contribution in [1.29, 1.82) is 0 Å². The highest BCUT2D eigenvalue weighted by Gasteiger charge is 2.19. The summed E-state index contributed by atoms with van der Waals surface area (Å²) < 4.78 is 5.16. The first-order valence-corrected chi connectivity index (χ1v) is 9.54. The van der Waals surface area contributed by atoms with Crippen LogP contribution in [0.25, 0.3) is 0 Å². The maximum absolute atomic E-state index is 5.16. The largest absolute Gasteiger partial charge is 0.383 e. The molecule has 1 aliphatic heterocycles. The van der Waals surface area contributed by atoms with Gasteiger partial charge in [0.1, 0.15) is 0 Å². The van der Waals surface area contributed by atoms with Gasteiger partial charge in [-0.15, -0.1) is 11.3 Å². The average molecular weight is 354 g/mol. The lowest BCUT2D eigenvalue weighted by molar-refractivity contribution is 0.120. The van der Waals surface area contributed by atoms with Gasteiger partial charge in [0.15, 0.2) is 5.96 Å². The second kappa shape index (κ2) is 9.96. The SMILES string of the molecule is CN=C(NCC1CCN(CCOC)CC1)N(C)Cc1csc(C)n1. The third kappa shape index (κ3) is 6.03. The quantitative estimate of drug-likeness (QED) is 0.599. The predicted molar refractivity (Wildman–Crippen MR) is 101 cm³/mol. The summed E-state index contributed by atoms with van der Waals surface area (Å²) in [5.41, 5.74) is 1.11. The Kier molecular flexibility index (Phi) is 7.94. The number of rotatable bonds is 7. The van der Waals surface area contributed by atoms with E-state index in [0.717, 1.165) is 48.8 Å². The Bertz CT molecular complexity index is 511. The number of aliphatic imine (C=N–C) groups is 1. The second-order valence-corrected chi connectivity index (χ2v) is 7.48. The van der Waals surface area contributed by atoms with Crippen molar-refractivity contribution in [3.05, 3.63) is 16.1 Å². The van der Waals surface area contributed by atoms with Crippen molar-refractivity contribution in [1.82, 2.24) is 20.1 Å². The Morgan fingerprint density at radius 1 is 1.50 bits per heavy atom. The predicted octanol–water partition coefficient (Wildman–Crippen LogP) is 1.82. The first kappa shape index (κ1) is 19.1. The van der Waals surface area contributed by atoms with Crippen LogP contribution in [0, 0.1) is 12.8 Å². The van der Waals surface area contributed by atoms with Gasteiger partial charge in [0.05, 0.1) is 23.9 Å². The summed E-state index contributed by atoms with van der Waals surface area (Å²) in [6.45, 7) is 8.04. The van der Waals surface area contributed by atoms with Gasteiger partial charge in [-0.1, -0.05) is 0 Å². The Labute approximate surface area is 149 Å². The summed E-state index contributed by atoms with van der Waals surface area (Å²) in [5.74, 6) is 1.66. The molecule has 136 valence electrons. The van der Waals surface area contributed by atoms with Crippen molar-refractivity contribution in [3.63, 3.8) is 0 Å². The molecule has 0 unspecified atom stereocenters. The van der Waals surface area contributed by atoms with Gasteiger partial charge in [-0.25, -0.2) is 4.98 Å². The summed E-state index contributed by atoms with van der Waals surface area (Å²) in [6.07, 6.45) is 2.48. The molecular weight excluding hydrogens is 322 g/mol. The van der Waals surface area contributed by atoms with E-state index in [9.17, 15) is 0 Å². The number of nitrogens with one attached hydrogen (secondary N) is 1. The van der Waals surface area contributed by atoms with Gasteiger partial charge in [-0.3, -0.25) is 4.99 Å². The molecule has 2 heterocycles. The maximum Gasteiger partial charge on any atom is 0.193 e. The zero-order chi connectivity index (χ0) is 17.4. The summed E-state index contributed by atoms with van der Waals surface area (Å²) >= 11 is 1.70. The highest BCUT2D eigenvalue weighted by molar-refractivity contribution is 7.09. The van der Waals surface area contributed by atoms with Crippen LogP contribution in [0.3, 0.4) is 0 Å². The number of piperidine rings is 1. The van der Waals surface area contributed by atoms with E-state index in [1.807, 2.05) is 14.0 Å². The van der Waals surface area contributed by atoms with Gasteiger partial charge < -0.3 is 19.9 Å². The van der Waals surface area contributed by atoms with Crippen LogP contribution in [0.4, 0.5) is 0 Å². The summed E-state index contributed by atoms with van der Waals surface area (Å²) in [5, 5.41) is 6.76. The topological polar surface area (TPSA) is 53.0 Å². The molecule has 1 aromatic heterocycles. The number of aromatic nitrogens is 1. The second-order valence-electron chi connectivity index (χ2n) is 6.42. The van der Waals surface area contributed by atoms with E-state index in [4.69, 9.17) is 4.74 Å². The van der Waals surface area contributed by atoms with E-state index < -0.39 is 0 Å². The molecule has 1 saturated heterocycles. The molecule has 1 aromatic rings. The Hall–Kier alpha value is -1.18. The van der Waals surface area contributed by atoms with Crippen molar-refractivity contribution in [2.45, 2.75) is 26.3 Å². The number of aryl methyl sites for hydroxylation is 1. The number of guanidine groups is 1. The van der Waals surface area contributed by atoms with Gasteiger partial charge >= 0.3 is 0 Å². The van der Waals surface area contributed by atoms with Crippen LogP contribution in [0.15, 0.2) is 10.4 Å². The molecule has 0 spiro atoms. The lowest BCUT2D eigenvalue weighted by Crippen LogP contribution is -2.43. The van der Waals surface area contributed by atoms with Crippen LogP contribution >= 0.6 is 11.3 Å². The highest BCUT2D eigenvalue weighted by Crippen LogP contribution is 2.16. The van der Waals surface area contributed by atoms with E-state index in [1.165, 1.54) is 25.9 Å². The molecule has 1 aliphatic rings. The Morgan fingerprint density at radius 2 is 2.25 bits per heavy atom. The molecule has 7 heteroatoms. The van der Waals surface area contributed by atoms with Gasteiger partial charge in [-0.2, -0.15) is 0 Å². The molecule has 0 amide bonds. The van der Waals surface area contributed by atoms with Gasteiger partial charge in [0.25, 0.3) is 0 Å². The third-order valence-electron chi connectivity index (χ3n) is 4.51. The van der Waals surface area contributed by atoms with Crippen LogP contribution in [0.1, 0.15) is 23.5 Å². The lowest BCUT2D eigenvalue weighted by atomic mass is 9.97. The van der Waals surface area contributed by atoms with Crippen LogP contribution in [0.2, 0.25) is 0 Å². The molecule has 6 nitrogen and oxygen atoms in total. The number of ether oxygens (including phenoxy) is 1. The molecule has 1 fully saturated rings. The molecule has 24 heavy (non-hydrogen) atoms. The molecule has 2 rings (SSSR count). The number of nitrogens with zero attached hydrogens (tertiary/aromatic N) is 4. The summed E-state index contributed by atoms with van der Waals surface area (Å²) in [6, 6.07) is 0. The normalized spacial score (nSPS) is 17.2. The molecule has 0 saturated carbocycles. The van der Waals surface area contributed by atoms with Gasteiger partial charge in [-0.05, 0) is 38.8 Å². The van der Waals surface area contributed by atoms with E-state index in [1.54, 1.807) is 18.4 Å². The minimum atomic E-state index is 0.718. The molecule has 0 radical (unpaired) electrons. The van der Waals surface area contributed by atoms with Crippen molar-refractivity contribution in [2.24, 2.45) is 10.9 Å². The number of likely N-dealkylation sites (tertiary alicyclic amines) is 1. The van der Waals surface area contributed by atoms with Crippen molar-refractivity contribution < 1.29 is 4.74 Å². The number of hydrogen-bond acceptors (Lipinski definition) is 5. The van der Waals surface area contributed by atoms with Gasteiger partial charge in [0, 0.05) is 39.7 Å². The molecule has 0 bridgehead atoms. The average Bonchev–Trinajstić information content (AvgIpc) is 2.99. The maximum atomic E-state index is 5.16.